The maximum absolute atomic E-state index is 12.5. The predicted octanol–water partition coefficient (Wildman–Crippen LogP) is 3.82. The van der Waals surface area contributed by atoms with Crippen LogP contribution in [0.4, 0.5) is 5.69 Å². The zero-order valence-electron chi connectivity index (χ0n) is 14.4. The van der Waals surface area contributed by atoms with Crippen LogP contribution in [-0.4, -0.2) is 10.9 Å². The average Bonchev–Trinajstić information content (AvgIpc) is 2.68. The van der Waals surface area contributed by atoms with Gasteiger partial charge in [-0.1, -0.05) is 30.3 Å². The van der Waals surface area contributed by atoms with E-state index in [1.54, 1.807) is 12.4 Å². The molecule has 1 aliphatic heterocycles. The van der Waals surface area contributed by atoms with Crippen LogP contribution in [0.2, 0.25) is 0 Å². The smallest absolute Gasteiger partial charge is 0.255 e. The molecule has 2 heterocycles. The Morgan fingerprint density at radius 3 is 2.65 bits per heavy atom. The molecule has 0 bridgehead atoms. The second-order valence-electron chi connectivity index (χ2n) is 6.23. The Morgan fingerprint density at radius 1 is 1.00 bits per heavy atom. The van der Waals surface area contributed by atoms with Gasteiger partial charge in [0.05, 0.1) is 11.3 Å². The van der Waals surface area contributed by atoms with Crippen molar-refractivity contribution in [1.82, 2.24) is 10.3 Å². The Hall–Kier alpha value is -3.34. The van der Waals surface area contributed by atoms with E-state index in [2.05, 4.69) is 15.6 Å². The highest BCUT2D eigenvalue weighted by atomic mass is 16.5. The topological polar surface area (TPSA) is 63.2 Å². The van der Waals surface area contributed by atoms with Crippen molar-refractivity contribution in [2.45, 2.75) is 19.7 Å². The highest BCUT2D eigenvalue weighted by Gasteiger charge is 2.27. The van der Waals surface area contributed by atoms with Crippen LogP contribution in [0.5, 0.6) is 5.75 Å². The summed E-state index contributed by atoms with van der Waals surface area (Å²) in [4.78, 5) is 16.5. The van der Waals surface area contributed by atoms with E-state index in [-0.39, 0.29) is 12.1 Å². The highest BCUT2D eigenvalue weighted by Crippen LogP contribution is 2.33. The van der Waals surface area contributed by atoms with Gasteiger partial charge in [-0.2, -0.15) is 0 Å². The molecule has 26 heavy (non-hydrogen) atoms. The largest absolute Gasteiger partial charge is 0.488 e. The summed E-state index contributed by atoms with van der Waals surface area (Å²) >= 11 is 0. The predicted molar refractivity (Wildman–Crippen MR) is 100 cm³/mol. The number of anilines is 1. The lowest BCUT2D eigenvalue weighted by Crippen LogP contribution is -2.39. The van der Waals surface area contributed by atoms with E-state index in [1.807, 2.05) is 61.5 Å². The molecule has 2 aromatic carbocycles. The van der Waals surface area contributed by atoms with Crippen LogP contribution in [0.15, 0.2) is 67.0 Å². The van der Waals surface area contributed by atoms with Gasteiger partial charge in [0, 0.05) is 18.0 Å². The van der Waals surface area contributed by atoms with Gasteiger partial charge in [0.15, 0.2) is 0 Å². The summed E-state index contributed by atoms with van der Waals surface area (Å²) in [6.07, 6.45) is 3.14. The number of aromatic nitrogens is 1. The Bertz CT molecular complexity index is 941. The van der Waals surface area contributed by atoms with E-state index < -0.39 is 0 Å². The summed E-state index contributed by atoms with van der Waals surface area (Å²) in [5, 5.41) is 6.44. The first-order chi connectivity index (χ1) is 12.7. The maximum Gasteiger partial charge on any atom is 0.255 e. The van der Waals surface area contributed by atoms with E-state index in [0.29, 0.717) is 12.2 Å². The van der Waals surface area contributed by atoms with Crippen molar-refractivity contribution in [3.8, 4) is 5.75 Å². The standard InChI is InChI=1S/C21H19N3O2/c1-14-5-4-7-17-19(14)23-20(24-21(17)25)16-6-2-3-8-18(16)26-13-15-9-11-22-12-10-15/h2-12,20,23H,13H2,1H3,(H,24,25). The highest BCUT2D eigenvalue weighted by molar-refractivity contribution is 6.02. The number of amides is 1. The number of para-hydroxylation sites is 2. The lowest BCUT2D eigenvalue weighted by atomic mass is 10.0. The van der Waals surface area contributed by atoms with Crippen LogP contribution in [0.1, 0.15) is 33.2 Å². The number of ether oxygens (including phenoxy) is 1. The molecule has 1 atom stereocenters. The summed E-state index contributed by atoms with van der Waals surface area (Å²) < 4.78 is 6.01. The molecule has 2 N–H and O–H groups in total. The van der Waals surface area contributed by atoms with Crippen LogP contribution in [0, 0.1) is 6.92 Å². The van der Waals surface area contributed by atoms with Crippen LogP contribution < -0.4 is 15.4 Å². The van der Waals surface area contributed by atoms with E-state index in [9.17, 15) is 4.79 Å². The number of nitrogens with zero attached hydrogens (tertiary/aromatic N) is 1. The molecule has 130 valence electrons. The fraction of sp³-hybridized carbons (Fsp3) is 0.143. The third-order valence-electron chi connectivity index (χ3n) is 4.46. The van der Waals surface area contributed by atoms with Gasteiger partial charge in [-0.25, -0.2) is 0 Å². The van der Waals surface area contributed by atoms with Crippen molar-refractivity contribution in [3.63, 3.8) is 0 Å². The Morgan fingerprint density at radius 2 is 1.81 bits per heavy atom. The monoisotopic (exact) mass is 345 g/mol. The number of carbonyl (C=O) groups excluding carboxylic acids is 1. The first-order valence-electron chi connectivity index (χ1n) is 8.50. The van der Waals surface area contributed by atoms with Gasteiger partial charge >= 0.3 is 0 Å². The number of nitrogens with one attached hydrogen (secondary N) is 2. The fourth-order valence-electron chi connectivity index (χ4n) is 3.08. The minimum absolute atomic E-state index is 0.0867. The molecule has 5 nitrogen and oxygen atoms in total. The SMILES string of the molecule is Cc1cccc2c1NC(c1ccccc1OCc1ccncc1)NC2=O. The Labute approximate surface area is 152 Å². The number of hydrogen-bond donors (Lipinski definition) is 2. The molecule has 0 spiro atoms. The van der Waals surface area contributed by atoms with E-state index >= 15 is 0 Å². The molecule has 1 aromatic heterocycles. The summed E-state index contributed by atoms with van der Waals surface area (Å²) in [6.45, 7) is 2.43. The summed E-state index contributed by atoms with van der Waals surface area (Å²) in [5.41, 5.74) is 4.50. The molecule has 0 fully saturated rings. The van der Waals surface area contributed by atoms with Crippen molar-refractivity contribution in [2.24, 2.45) is 0 Å². The zero-order valence-corrected chi connectivity index (χ0v) is 14.4. The number of hydrogen-bond acceptors (Lipinski definition) is 4. The van der Waals surface area contributed by atoms with E-state index in [1.165, 1.54) is 0 Å². The second kappa shape index (κ2) is 6.88. The van der Waals surface area contributed by atoms with Crippen molar-refractivity contribution >= 4 is 11.6 Å². The van der Waals surface area contributed by atoms with Gasteiger partial charge in [-0.3, -0.25) is 9.78 Å². The van der Waals surface area contributed by atoms with Gasteiger partial charge in [-0.15, -0.1) is 0 Å². The van der Waals surface area contributed by atoms with Crippen LogP contribution in [0.3, 0.4) is 0 Å². The van der Waals surface area contributed by atoms with Crippen LogP contribution >= 0.6 is 0 Å². The van der Waals surface area contributed by atoms with Gasteiger partial charge in [0.1, 0.15) is 18.5 Å². The summed E-state index contributed by atoms with van der Waals surface area (Å²) in [5.74, 6) is 0.649. The van der Waals surface area contributed by atoms with E-state index in [4.69, 9.17) is 4.74 Å². The van der Waals surface area contributed by atoms with Crippen molar-refractivity contribution < 1.29 is 9.53 Å². The molecule has 1 unspecified atom stereocenters. The summed E-state index contributed by atoms with van der Waals surface area (Å²) in [7, 11) is 0. The molecule has 1 amide bonds. The van der Waals surface area contributed by atoms with Gasteiger partial charge in [0.25, 0.3) is 5.91 Å². The molecule has 3 aromatic rings. The molecule has 0 radical (unpaired) electrons. The van der Waals surface area contributed by atoms with Crippen LogP contribution in [0.25, 0.3) is 0 Å². The first kappa shape index (κ1) is 16.1. The minimum Gasteiger partial charge on any atom is -0.488 e. The number of rotatable bonds is 4. The lowest BCUT2D eigenvalue weighted by Gasteiger charge is -2.30. The first-order valence-corrected chi connectivity index (χ1v) is 8.50. The Balaban J connectivity index is 1.61. The molecule has 4 rings (SSSR count). The van der Waals surface area contributed by atoms with Crippen LogP contribution in [-0.2, 0) is 6.61 Å². The molecule has 1 aliphatic rings. The number of benzene rings is 2. The Kier molecular flexibility index (Phi) is 4.27. The zero-order chi connectivity index (χ0) is 17.9. The number of pyridine rings is 1. The number of carbonyl (C=O) groups is 1. The quantitative estimate of drug-likeness (QED) is 0.754. The molecular formula is C21H19N3O2. The second-order valence-corrected chi connectivity index (χ2v) is 6.23. The van der Waals surface area contributed by atoms with Gasteiger partial charge in [0.2, 0.25) is 0 Å². The van der Waals surface area contributed by atoms with Crippen molar-refractivity contribution in [2.75, 3.05) is 5.32 Å². The third kappa shape index (κ3) is 3.11. The minimum atomic E-state index is -0.343. The molecule has 5 heteroatoms. The lowest BCUT2D eigenvalue weighted by molar-refractivity contribution is 0.0935. The molecule has 0 saturated carbocycles. The fourth-order valence-corrected chi connectivity index (χ4v) is 3.08. The molecule has 0 aliphatic carbocycles. The number of fused-ring (bicyclic) bond motifs is 1. The maximum atomic E-state index is 12.5. The van der Waals surface area contributed by atoms with Gasteiger partial charge < -0.3 is 15.4 Å². The molecular weight excluding hydrogens is 326 g/mol. The third-order valence-corrected chi connectivity index (χ3v) is 4.46. The van der Waals surface area contributed by atoms with Crippen molar-refractivity contribution in [1.29, 1.82) is 0 Å². The average molecular weight is 345 g/mol. The van der Waals surface area contributed by atoms with E-state index in [0.717, 1.165) is 28.1 Å². The normalized spacial score (nSPS) is 15.6. The molecule has 0 saturated heterocycles. The van der Waals surface area contributed by atoms with Crippen molar-refractivity contribution in [3.05, 3.63) is 89.2 Å². The summed E-state index contributed by atoms with van der Waals surface area (Å²) in [6, 6.07) is 17.3. The number of aryl methyl sites for hydroxylation is 1. The van der Waals surface area contributed by atoms with Gasteiger partial charge in [-0.05, 0) is 42.3 Å².